The molecule has 0 bridgehead atoms. The van der Waals surface area contributed by atoms with E-state index in [-0.39, 0.29) is 5.91 Å². The molecule has 2 saturated carbocycles. The average Bonchev–Trinajstić information content (AvgIpc) is 3.27. The van der Waals surface area contributed by atoms with Gasteiger partial charge in [0.05, 0.1) is 5.92 Å². The number of carbonyl (C=O) groups is 2. The predicted molar refractivity (Wildman–Crippen MR) is 77.3 cm³/mol. The van der Waals surface area contributed by atoms with Crippen molar-refractivity contribution in [3.05, 3.63) is 0 Å². The maximum atomic E-state index is 12.4. The van der Waals surface area contributed by atoms with E-state index in [1.54, 1.807) is 6.92 Å². The summed E-state index contributed by atoms with van der Waals surface area (Å²) in [6.07, 6.45) is 10.2. The van der Waals surface area contributed by atoms with E-state index in [2.05, 4.69) is 0 Å². The normalized spacial score (nSPS) is 21.4. The number of aliphatic carboxylic acids is 1. The molecule has 0 aliphatic heterocycles. The highest BCUT2D eigenvalue weighted by atomic mass is 16.4. The summed E-state index contributed by atoms with van der Waals surface area (Å²) in [4.78, 5) is 25.2. The Bertz CT molecular complexity index is 346. The number of carboxylic acids is 1. The standard InChI is InChI=1S/C16H27NO3/c1-12(16(19)20)11-17(14-8-9-14)15(18)10-7-13-5-3-2-4-6-13/h12-14H,2-11H2,1H3,(H,19,20). The number of hydrogen-bond acceptors (Lipinski definition) is 2. The molecule has 0 aromatic carbocycles. The summed E-state index contributed by atoms with van der Waals surface area (Å²) in [6.45, 7) is 2.07. The molecule has 2 fully saturated rings. The topological polar surface area (TPSA) is 57.6 Å². The fourth-order valence-electron chi connectivity index (χ4n) is 3.16. The molecule has 20 heavy (non-hydrogen) atoms. The summed E-state index contributed by atoms with van der Waals surface area (Å²) >= 11 is 0. The molecule has 2 aliphatic carbocycles. The zero-order valence-corrected chi connectivity index (χ0v) is 12.5. The zero-order valence-electron chi connectivity index (χ0n) is 12.5. The van der Waals surface area contributed by atoms with E-state index >= 15 is 0 Å². The lowest BCUT2D eigenvalue weighted by molar-refractivity contribution is -0.143. The van der Waals surface area contributed by atoms with Crippen LogP contribution in [0.4, 0.5) is 0 Å². The quantitative estimate of drug-likeness (QED) is 0.780. The molecule has 4 heteroatoms. The van der Waals surface area contributed by atoms with Crippen LogP contribution in [0.15, 0.2) is 0 Å². The molecular weight excluding hydrogens is 254 g/mol. The lowest BCUT2D eigenvalue weighted by atomic mass is 9.86. The van der Waals surface area contributed by atoms with Crippen molar-refractivity contribution in [2.45, 2.75) is 70.8 Å². The van der Waals surface area contributed by atoms with E-state index in [1.807, 2.05) is 4.90 Å². The summed E-state index contributed by atoms with van der Waals surface area (Å²) in [5.74, 6) is -0.387. The first-order valence-electron chi connectivity index (χ1n) is 8.10. The molecule has 0 aromatic rings. The van der Waals surface area contributed by atoms with Crippen molar-refractivity contribution in [3.8, 4) is 0 Å². The van der Waals surface area contributed by atoms with Gasteiger partial charge in [-0.25, -0.2) is 0 Å². The first-order valence-corrected chi connectivity index (χ1v) is 8.10. The highest BCUT2D eigenvalue weighted by Crippen LogP contribution is 2.31. The number of amides is 1. The molecule has 1 atom stereocenters. The second-order valence-electron chi connectivity index (χ2n) is 6.56. The maximum Gasteiger partial charge on any atom is 0.308 e. The van der Waals surface area contributed by atoms with Crippen LogP contribution in [0.3, 0.4) is 0 Å². The van der Waals surface area contributed by atoms with Gasteiger partial charge in [0, 0.05) is 19.0 Å². The third-order valence-electron chi connectivity index (χ3n) is 4.69. The number of hydrogen-bond donors (Lipinski definition) is 1. The molecule has 4 nitrogen and oxygen atoms in total. The molecule has 0 aromatic heterocycles. The fraction of sp³-hybridized carbons (Fsp3) is 0.875. The van der Waals surface area contributed by atoms with Gasteiger partial charge in [-0.05, 0) is 25.2 Å². The molecule has 1 amide bonds. The van der Waals surface area contributed by atoms with Gasteiger partial charge in [-0.3, -0.25) is 9.59 Å². The molecule has 2 aliphatic rings. The summed E-state index contributed by atoms with van der Waals surface area (Å²) in [5, 5.41) is 9.01. The molecule has 1 unspecified atom stereocenters. The third kappa shape index (κ3) is 4.50. The minimum atomic E-state index is -0.810. The van der Waals surface area contributed by atoms with Crippen LogP contribution in [0.5, 0.6) is 0 Å². The van der Waals surface area contributed by atoms with Crippen LogP contribution in [0.1, 0.15) is 64.7 Å². The maximum absolute atomic E-state index is 12.4. The Labute approximate surface area is 121 Å². The van der Waals surface area contributed by atoms with Gasteiger partial charge in [0.1, 0.15) is 0 Å². The van der Waals surface area contributed by atoms with Crippen LogP contribution in [0.2, 0.25) is 0 Å². The van der Waals surface area contributed by atoms with Gasteiger partial charge >= 0.3 is 5.97 Å². The van der Waals surface area contributed by atoms with Crippen molar-refractivity contribution >= 4 is 11.9 Å². The smallest absolute Gasteiger partial charge is 0.308 e. The number of rotatable bonds is 7. The van der Waals surface area contributed by atoms with E-state index < -0.39 is 11.9 Å². The number of carboxylic acid groups (broad SMARTS) is 1. The van der Waals surface area contributed by atoms with Crippen LogP contribution in [-0.2, 0) is 9.59 Å². The zero-order chi connectivity index (χ0) is 14.5. The monoisotopic (exact) mass is 281 g/mol. The third-order valence-corrected chi connectivity index (χ3v) is 4.69. The highest BCUT2D eigenvalue weighted by Gasteiger charge is 2.34. The Morgan fingerprint density at radius 3 is 2.35 bits per heavy atom. The fourth-order valence-corrected chi connectivity index (χ4v) is 3.16. The van der Waals surface area contributed by atoms with Crippen LogP contribution >= 0.6 is 0 Å². The van der Waals surface area contributed by atoms with Gasteiger partial charge in [0.15, 0.2) is 0 Å². The first kappa shape index (κ1) is 15.3. The number of nitrogens with zero attached hydrogens (tertiary/aromatic N) is 1. The van der Waals surface area contributed by atoms with E-state index in [0.717, 1.165) is 19.3 Å². The minimum absolute atomic E-state index is 0.172. The van der Waals surface area contributed by atoms with Crippen molar-refractivity contribution in [1.82, 2.24) is 4.90 Å². The molecule has 0 radical (unpaired) electrons. The van der Waals surface area contributed by atoms with Crippen LogP contribution in [-0.4, -0.2) is 34.5 Å². The second kappa shape index (κ2) is 7.09. The van der Waals surface area contributed by atoms with E-state index in [0.29, 0.717) is 24.9 Å². The highest BCUT2D eigenvalue weighted by molar-refractivity contribution is 5.78. The molecule has 0 heterocycles. The molecular formula is C16H27NO3. The van der Waals surface area contributed by atoms with Crippen LogP contribution in [0, 0.1) is 11.8 Å². The predicted octanol–water partition coefficient (Wildman–Crippen LogP) is 3.06. The second-order valence-corrected chi connectivity index (χ2v) is 6.56. The van der Waals surface area contributed by atoms with E-state index in [1.165, 1.54) is 32.1 Å². The van der Waals surface area contributed by atoms with Crippen molar-refractivity contribution < 1.29 is 14.7 Å². The van der Waals surface area contributed by atoms with Gasteiger partial charge in [-0.2, -0.15) is 0 Å². The van der Waals surface area contributed by atoms with E-state index in [4.69, 9.17) is 5.11 Å². The summed E-state index contributed by atoms with van der Waals surface area (Å²) in [6, 6.07) is 0.315. The lowest BCUT2D eigenvalue weighted by Crippen LogP contribution is -2.38. The molecule has 114 valence electrons. The molecule has 0 saturated heterocycles. The number of carbonyl (C=O) groups excluding carboxylic acids is 1. The van der Waals surface area contributed by atoms with Crippen LogP contribution in [0.25, 0.3) is 0 Å². The van der Waals surface area contributed by atoms with Crippen molar-refractivity contribution in [1.29, 1.82) is 0 Å². The largest absolute Gasteiger partial charge is 0.481 e. The SMILES string of the molecule is CC(CN(C(=O)CCC1CCCCC1)C1CC1)C(=O)O. The Kier molecular flexibility index (Phi) is 5.44. The first-order chi connectivity index (χ1) is 9.58. The van der Waals surface area contributed by atoms with Gasteiger partial charge < -0.3 is 10.0 Å². The van der Waals surface area contributed by atoms with Crippen molar-refractivity contribution in [2.75, 3.05) is 6.54 Å². The minimum Gasteiger partial charge on any atom is -0.481 e. The Morgan fingerprint density at radius 2 is 1.80 bits per heavy atom. The van der Waals surface area contributed by atoms with E-state index in [9.17, 15) is 9.59 Å². The molecule has 0 spiro atoms. The average molecular weight is 281 g/mol. The summed E-state index contributed by atoms with van der Waals surface area (Å²) in [7, 11) is 0. The van der Waals surface area contributed by atoms with Crippen molar-refractivity contribution in [3.63, 3.8) is 0 Å². The lowest BCUT2D eigenvalue weighted by Gasteiger charge is -2.26. The van der Waals surface area contributed by atoms with Gasteiger partial charge in [0.25, 0.3) is 0 Å². The van der Waals surface area contributed by atoms with Gasteiger partial charge in [0.2, 0.25) is 5.91 Å². The summed E-state index contributed by atoms with van der Waals surface area (Å²) < 4.78 is 0. The Hall–Kier alpha value is -1.06. The molecule has 2 rings (SSSR count). The Morgan fingerprint density at radius 1 is 1.15 bits per heavy atom. The summed E-state index contributed by atoms with van der Waals surface area (Å²) in [5.41, 5.74) is 0. The Balaban J connectivity index is 1.79. The van der Waals surface area contributed by atoms with Crippen molar-refractivity contribution in [2.24, 2.45) is 11.8 Å². The van der Waals surface area contributed by atoms with Gasteiger partial charge in [-0.1, -0.05) is 39.0 Å². The van der Waals surface area contributed by atoms with Gasteiger partial charge in [-0.15, -0.1) is 0 Å². The molecule has 1 N–H and O–H groups in total. The van der Waals surface area contributed by atoms with Crippen LogP contribution < -0.4 is 0 Å².